The lowest BCUT2D eigenvalue weighted by Gasteiger charge is -2.38. The molecular formula is C17H29N5O. The highest BCUT2D eigenvalue weighted by molar-refractivity contribution is 5.93. The molecule has 1 N–H and O–H groups in total. The molecule has 6 heteroatoms. The Labute approximate surface area is 139 Å². The van der Waals surface area contributed by atoms with E-state index in [9.17, 15) is 4.79 Å². The quantitative estimate of drug-likeness (QED) is 0.900. The number of rotatable bonds is 5. The monoisotopic (exact) mass is 319 g/mol. The molecule has 0 unspecified atom stereocenters. The smallest absolute Gasteiger partial charge is 0.272 e. The molecule has 0 radical (unpaired) electrons. The number of hydrogen-bond donors (Lipinski definition) is 1. The van der Waals surface area contributed by atoms with E-state index in [-0.39, 0.29) is 5.91 Å². The summed E-state index contributed by atoms with van der Waals surface area (Å²) in [7, 11) is 3.91. The topological polar surface area (TPSA) is 61.4 Å². The summed E-state index contributed by atoms with van der Waals surface area (Å²) in [5.74, 6) is 0.960. The minimum Gasteiger partial charge on any atom is -0.357 e. The van der Waals surface area contributed by atoms with Gasteiger partial charge in [-0.15, -0.1) is 0 Å². The predicted octanol–water partition coefficient (Wildman–Crippen LogP) is 2.02. The first-order valence-corrected chi connectivity index (χ1v) is 8.43. The highest BCUT2D eigenvalue weighted by Gasteiger charge is 2.29. The highest BCUT2D eigenvalue weighted by atomic mass is 16.2. The second-order valence-corrected chi connectivity index (χ2v) is 6.85. The van der Waals surface area contributed by atoms with Crippen molar-refractivity contribution in [2.45, 2.75) is 39.7 Å². The van der Waals surface area contributed by atoms with E-state index in [2.05, 4.69) is 41.1 Å². The van der Waals surface area contributed by atoms with Crippen molar-refractivity contribution < 1.29 is 4.79 Å². The summed E-state index contributed by atoms with van der Waals surface area (Å²) in [5, 5.41) is 2.93. The maximum atomic E-state index is 13.1. The Morgan fingerprint density at radius 1 is 1.39 bits per heavy atom. The molecule has 2 rings (SSSR count). The number of amides is 1. The molecular weight excluding hydrogens is 290 g/mol. The summed E-state index contributed by atoms with van der Waals surface area (Å²) in [5.41, 5.74) is 1.29. The summed E-state index contributed by atoms with van der Waals surface area (Å²) in [6, 6.07) is 2.08. The van der Waals surface area contributed by atoms with Gasteiger partial charge in [-0.3, -0.25) is 4.79 Å². The Bertz CT molecular complexity index is 538. The van der Waals surface area contributed by atoms with E-state index in [0.29, 0.717) is 23.6 Å². The third-order valence-corrected chi connectivity index (χ3v) is 4.25. The zero-order valence-electron chi connectivity index (χ0n) is 15.0. The molecule has 0 aromatic carbocycles. The summed E-state index contributed by atoms with van der Waals surface area (Å²) in [6.07, 6.45) is 2.05. The van der Waals surface area contributed by atoms with Gasteiger partial charge in [0.2, 0.25) is 5.95 Å². The van der Waals surface area contributed by atoms with Crippen LogP contribution in [0.5, 0.6) is 0 Å². The number of aryl methyl sites for hydroxylation is 1. The minimum absolute atomic E-state index is 0.0234. The molecule has 6 nitrogen and oxygen atoms in total. The van der Waals surface area contributed by atoms with Gasteiger partial charge in [-0.05, 0) is 51.9 Å². The summed E-state index contributed by atoms with van der Waals surface area (Å²) in [6.45, 7) is 9.04. The van der Waals surface area contributed by atoms with E-state index < -0.39 is 0 Å². The summed E-state index contributed by atoms with van der Waals surface area (Å²) in [4.78, 5) is 26.1. The Hall–Kier alpha value is -1.69. The van der Waals surface area contributed by atoms with Gasteiger partial charge in [-0.25, -0.2) is 9.97 Å². The summed E-state index contributed by atoms with van der Waals surface area (Å²) < 4.78 is 0. The second-order valence-electron chi connectivity index (χ2n) is 6.85. The van der Waals surface area contributed by atoms with Crippen molar-refractivity contribution in [1.82, 2.24) is 19.8 Å². The summed E-state index contributed by atoms with van der Waals surface area (Å²) >= 11 is 0. The van der Waals surface area contributed by atoms with Crippen LogP contribution >= 0.6 is 0 Å². The molecule has 23 heavy (non-hydrogen) atoms. The maximum Gasteiger partial charge on any atom is 0.272 e. The zero-order valence-corrected chi connectivity index (χ0v) is 15.0. The predicted molar refractivity (Wildman–Crippen MR) is 92.7 cm³/mol. The molecule has 1 aromatic heterocycles. The number of aromatic nitrogens is 2. The molecule has 0 spiro atoms. The second kappa shape index (κ2) is 7.73. The van der Waals surface area contributed by atoms with Crippen molar-refractivity contribution in [2.24, 2.45) is 5.92 Å². The normalized spacial score (nSPS) is 16.6. The van der Waals surface area contributed by atoms with Gasteiger partial charge < -0.3 is 15.1 Å². The van der Waals surface area contributed by atoms with Crippen molar-refractivity contribution in [3.63, 3.8) is 0 Å². The van der Waals surface area contributed by atoms with E-state index >= 15 is 0 Å². The van der Waals surface area contributed by atoms with Crippen LogP contribution in [0, 0.1) is 12.8 Å². The van der Waals surface area contributed by atoms with Crippen LogP contribution in [0.3, 0.4) is 0 Å². The number of piperidine rings is 1. The number of hydrogen-bond acceptors (Lipinski definition) is 5. The minimum atomic E-state index is 0.0234. The molecule has 128 valence electrons. The van der Waals surface area contributed by atoms with E-state index in [1.165, 1.54) is 0 Å². The van der Waals surface area contributed by atoms with E-state index in [1.807, 2.05) is 11.8 Å². The average Bonchev–Trinajstić information content (AvgIpc) is 2.52. The van der Waals surface area contributed by atoms with Crippen LogP contribution < -0.4 is 5.32 Å². The van der Waals surface area contributed by atoms with Gasteiger partial charge in [0, 0.05) is 25.3 Å². The number of carbonyl (C=O) groups excluding carboxylic acids is 1. The van der Waals surface area contributed by atoms with Gasteiger partial charge in [0.25, 0.3) is 5.91 Å². The van der Waals surface area contributed by atoms with Crippen LogP contribution in [-0.2, 0) is 0 Å². The Morgan fingerprint density at radius 2 is 2.04 bits per heavy atom. The first-order valence-electron chi connectivity index (χ1n) is 8.43. The molecule has 1 amide bonds. The van der Waals surface area contributed by atoms with Crippen molar-refractivity contribution in [2.75, 3.05) is 39.0 Å². The van der Waals surface area contributed by atoms with Crippen LogP contribution in [0.2, 0.25) is 0 Å². The molecule has 0 bridgehead atoms. The fourth-order valence-corrected chi connectivity index (χ4v) is 3.03. The molecule has 1 aliphatic heterocycles. The van der Waals surface area contributed by atoms with Crippen molar-refractivity contribution in [1.29, 1.82) is 0 Å². The first-order chi connectivity index (χ1) is 10.9. The highest BCUT2D eigenvalue weighted by Crippen LogP contribution is 2.20. The Kier molecular flexibility index (Phi) is 5.93. The van der Waals surface area contributed by atoms with Crippen molar-refractivity contribution in [3.05, 3.63) is 17.5 Å². The molecule has 1 fully saturated rings. The number of carbonyl (C=O) groups is 1. The Balaban J connectivity index is 2.24. The van der Waals surface area contributed by atoms with Gasteiger partial charge in [-0.1, -0.05) is 13.8 Å². The fourth-order valence-electron chi connectivity index (χ4n) is 3.03. The number of nitrogens with one attached hydrogen (secondary N) is 1. The van der Waals surface area contributed by atoms with Crippen LogP contribution in [0.1, 0.15) is 42.9 Å². The van der Waals surface area contributed by atoms with Gasteiger partial charge >= 0.3 is 0 Å². The lowest BCUT2D eigenvalue weighted by molar-refractivity contribution is 0.0553. The molecule has 0 saturated carbocycles. The molecule has 2 heterocycles. The van der Waals surface area contributed by atoms with Crippen molar-refractivity contribution >= 4 is 11.9 Å². The van der Waals surface area contributed by atoms with E-state index in [1.54, 1.807) is 13.1 Å². The third-order valence-electron chi connectivity index (χ3n) is 4.25. The first kappa shape index (κ1) is 17.7. The van der Waals surface area contributed by atoms with Crippen molar-refractivity contribution in [3.8, 4) is 0 Å². The molecule has 0 aliphatic carbocycles. The lowest BCUT2D eigenvalue weighted by atomic mass is 10.0. The SMILES string of the molecule is CNc1nc(C)cc(C(=O)N(CC(C)C)C2CCN(C)CC2)n1. The van der Waals surface area contributed by atoms with Crippen LogP contribution in [0.25, 0.3) is 0 Å². The van der Waals surface area contributed by atoms with E-state index in [0.717, 1.165) is 38.2 Å². The maximum absolute atomic E-state index is 13.1. The molecule has 1 saturated heterocycles. The third kappa shape index (κ3) is 4.64. The number of likely N-dealkylation sites (tertiary alicyclic amines) is 1. The van der Waals surface area contributed by atoms with Gasteiger partial charge in [0.05, 0.1) is 0 Å². The molecule has 1 aromatic rings. The van der Waals surface area contributed by atoms with Crippen LogP contribution in [0.15, 0.2) is 6.07 Å². The van der Waals surface area contributed by atoms with Gasteiger partial charge in [-0.2, -0.15) is 0 Å². The van der Waals surface area contributed by atoms with Crippen LogP contribution in [0.4, 0.5) is 5.95 Å². The van der Waals surface area contributed by atoms with Crippen LogP contribution in [-0.4, -0.2) is 65.4 Å². The fraction of sp³-hybridized carbons (Fsp3) is 0.706. The molecule has 0 atom stereocenters. The molecule has 1 aliphatic rings. The zero-order chi connectivity index (χ0) is 17.0. The largest absolute Gasteiger partial charge is 0.357 e. The van der Waals surface area contributed by atoms with E-state index in [4.69, 9.17) is 0 Å². The van der Waals surface area contributed by atoms with Gasteiger partial charge in [0.15, 0.2) is 0 Å². The number of nitrogens with zero attached hydrogens (tertiary/aromatic N) is 4. The average molecular weight is 319 g/mol. The standard InChI is InChI=1S/C17H29N5O/c1-12(2)11-22(14-6-8-21(5)9-7-14)16(23)15-10-13(3)19-17(18-4)20-15/h10,12,14H,6-9,11H2,1-5H3,(H,18,19,20). The Morgan fingerprint density at radius 3 is 2.61 bits per heavy atom. The lowest BCUT2D eigenvalue weighted by Crippen LogP contribution is -2.48. The number of anilines is 1. The van der Waals surface area contributed by atoms with Gasteiger partial charge in [0.1, 0.15) is 5.69 Å².